The van der Waals surface area contributed by atoms with Crippen molar-refractivity contribution in [2.24, 2.45) is 4.52 Å². The molecule has 0 bridgehead atoms. The molecule has 6 aromatic carbocycles. The summed E-state index contributed by atoms with van der Waals surface area (Å²) in [4.78, 5) is 13.4. The first-order valence-corrected chi connectivity index (χ1v) is 19.6. The van der Waals surface area contributed by atoms with E-state index in [1.165, 1.54) is 6.92 Å². The minimum Gasteiger partial charge on any atom is -0.440 e. The molecule has 0 spiro atoms. The maximum absolute atomic E-state index is 7.32. The minimum absolute atomic E-state index is 0.518. The zero-order chi connectivity index (χ0) is 35.1. The molecule has 0 fully saturated rings. The standard InChI is InChI=1S/C36H30N3O6P3.C2H3N/c1-7-19-31(20-8-1)40-38-46(42-33-23-11-3-12-24-33)37-48(44-35-27-15-5-16-28-35,45-36-29-17-6-18-30-36)39(41-32-21-9-2-10-22-32)47(38)43-34-25-13-4-14-26-34;1-2-3/h1-30H;1H3. The average molecular weight is 735 g/mol. The van der Waals surface area contributed by atoms with Gasteiger partial charge in [0.1, 0.15) is 34.5 Å². The number of hydrogen-bond acceptors (Lipinski definition) is 10. The van der Waals surface area contributed by atoms with E-state index in [0.29, 0.717) is 34.5 Å². The zero-order valence-corrected chi connectivity index (χ0v) is 30.1. The van der Waals surface area contributed by atoms with E-state index in [-0.39, 0.29) is 0 Å². The smallest absolute Gasteiger partial charge is 0.440 e. The van der Waals surface area contributed by atoms with Crippen molar-refractivity contribution in [3.8, 4) is 40.6 Å². The van der Waals surface area contributed by atoms with Crippen molar-refractivity contribution < 1.29 is 27.8 Å². The summed E-state index contributed by atoms with van der Waals surface area (Å²) < 4.78 is 35.7. The summed E-state index contributed by atoms with van der Waals surface area (Å²) in [6.45, 7) is 1.43. The number of para-hydroxylation sites is 6. The van der Waals surface area contributed by atoms with Gasteiger partial charge in [0.15, 0.2) is 0 Å². The lowest BCUT2D eigenvalue weighted by atomic mass is 10.3. The molecule has 0 aromatic heterocycles. The van der Waals surface area contributed by atoms with E-state index in [4.69, 9.17) is 37.5 Å². The van der Waals surface area contributed by atoms with Gasteiger partial charge in [0.2, 0.25) is 0 Å². The number of rotatable bonds is 12. The summed E-state index contributed by atoms with van der Waals surface area (Å²) in [5.41, 5.74) is 0. The molecule has 51 heavy (non-hydrogen) atoms. The SMILES string of the molecule is CC#N.c1ccc(ON2P(Oc3ccccc3)N=P(Oc3ccccc3)(Oc3ccccc3)N(Oc3ccccc3)P2Oc2ccccc2)cc1. The van der Waals surface area contributed by atoms with Crippen molar-refractivity contribution in [2.45, 2.75) is 6.92 Å². The Hall–Kier alpha value is -5.38. The highest BCUT2D eigenvalue weighted by atomic mass is 31.3. The zero-order valence-electron chi connectivity index (χ0n) is 27.4. The topological polar surface area (TPSA) is 98.0 Å². The molecule has 13 heteroatoms. The third-order valence-corrected chi connectivity index (χ3v) is 13.4. The van der Waals surface area contributed by atoms with Gasteiger partial charge in [0.05, 0.1) is 6.07 Å². The van der Waals surface area contributed by atoms with Gasteiger partial charge < -0.3 is 27.8 Å². The van der Waals surface area contributed by atoms with Crippen LogP contribution in [0.25, 0.3) is 0 Å². The van der Waals surface area contributed by atoms with Crippen LogP contribution in [0.15, 0.2) is 187 Å². The highest BCUT2D eigenvalue weighted by molar-refractivity contribution is 7.78. The van der Waals surface area contributed by atoms with Gasteiger partial charge in [-0.15, -0.1) is 4.52 Å². The lowest BCUT2D eigenvalue weighted by Crippen LogP contribution is -2.37. The Morgan fingerprint density at radius 2 is 0.824 bits per heavy atom. The Labute approximate surface area is 300 Å². The Kier molecular flexibility index (Phi) is 12.5. The summed E-state index contributed by atoms with van der Waals surface area (Å²) in [7, 11) is -7.86. The Bertz CT molecular complexity index is 1970. The first kappa shape index (κ1) is 35.4. The van der Waals surface area contributed by atoms with Crippen molar-refractivity contribution in [3.63, 3.8) is 0 Å². The number of benzene rings is 6. The van der Waals surface area contributed by atoms with Gasteiger partial charge in [-0.05, 0) is 72.8 Å². The first-order chi connectivity index (χ1) is 25.2. The molecule has 0 saturated heterocycles. The van der Waals surface area contributed by atoms with E-state index >= 15 is 0 Å². The molecule has 0 saturated carbocycles. The molecule has 0 aliphatic carbocycles. The Morgan fingerprint density at radius 3 is 1.24 bits per heavy atom. The molecular formula is C38H33N4O6P3. The van der Waals surface area contributed by atoms with Gasteiger partial charge >= 0.3 is 24.6 Å². The summed E-state index contributed by atoms with van der Waals surface area (Å²) >= 11 is 0. The minimum atomic E-state index is -3.72. The number of hydrogen-bond donors (Lipinski definition) is 0. The fraction of sp³-hybridized carbons (Fsp3) is 0.0263. The van der Waals surface area contributed by atoms with Gasteiger partial charge in [-0.2, -0.15) is 5.26 Å². The maximum Gasteiger partial charge on any atom is 0.447 e. The van der Waals surface area contributed by atoms with E-state index in [1.807, 2.05) is 182 Å². The lowest BCUT2D eigenvalue weighted by Gasteiger charge is -2.43. The van der Waals surface area contributed by atoms with Gasteiger partial charge in [0, 0.05) is 16.1 Å². The number of nitrogens with zero attached hydrogens (tertiary/aromatic N) is 4. The third-order valence-electron chi connectivity index (χ3n) is 6.50. The fourth-order valence-corrected chi connectivity index (χ4v) is 11.8. The van der Waals surface area contributed by atoms with Crippen LogP contribution >= 0.6 is 24.6 Å². The average Bonchev–Trinajstić information content (AvgIpc) is 3.17. The molecule has 0 radical (unpaired) electrons. The van der Waals surface area contributed by atoms with Crippen LogP contribution in [-0.4, -0.2) is 9.21 Å². The highest BCUT2D eigenvalue weighted by Crippen LogP contribution is 2.77. The monoisotopic (exact) mass is 734 g/mol. The molecule has 0 amide bonds. The Balaban J connectivity index is 0.00000144. The molecule has 6 aromatic rings. The molecule has 1 heterocycles. The van der Waals surface area contributed by atoms with Crippen LogP contribution in [0, 0.1) is 11.3 Å². The number of nitriles is 1. The van der Waals surface area contributed by atoms with E-state index in [9.17, 15) is 0 Å². The van der Waals surface area contributed by atoms with Crippen LogP contribution in [0.2, 0.25) is 0 Å². The van der Waals surface area contributed by atoms with Gasteiger partial charge in [-0.25, -0.2) is 0 Å². The molecular weight excluding hydrogens is 701 g/mol. The molecule has 1 aliphatic rings. The van der Waals surface area contributed by atoms with Crippen LogP contribution in [0.1, 0.15) is 6.92 Å². The van der Waals surface area contributed by atoms with Crippen molar-refractivity contribution in [1.82, 2.24) is 9.21 Å². The van der Waals surface area contributed by atoms with Crippen molar-refractivity contribution in [2.75, 3.05) is 0 Å². The second-order valence-corrected chi connectivity index (χ2v) is 15.8. The second kappa shape index (κ2) is 18.0. The van der Waals surface area contributed by atoms with E-state index in [1.54, 1.807) is 15.3 Å². The van der Waals surface area contributed by atoms with Crippen LogP contribution in [0.3, 0.4) is 0 Å². The predicted molar refractivity (Wildman–Crippen MR) is 201 cm³/mol. The van der Waals surface area contributed by atoms with Crippen LogP contribution in [-0.2, 0) is 0 Å². The lowest BCUT2D eigenvalue weighted by molar-refractivity contribution is 0.0545. The maximum atomic E-state index is 7.32. The molecule has 2 atom stereocenters. The van der Waals surface area contributed by atoms with Crippen molar-refractivity contribution in [1.29, 1.82) is 5.26 Å². The van der Waals surface area contributed by atoms with Crippen LogP contribution in [0.4, 0.5) is 0 Å². The van der Waals surface area contributed by atoms with Crippen LogP contribution < -0.4 is 27.8 Å². The molecule has 2 unspecified atom stereocenters. The van der Waals surface area contributed by atoms with Gasteiger partial charge in [-0.3, -0.25) is 0 Å². The summed E-state index contributed by atoms with van der Waals surface area (Å²) in [6, 6.07) is 58.2. The van der Waals surface area contributed by atoms with E-state index in [2.05, 4.69) is 0 Å². The largest absolute Gasteiger partial charge is 0.447 e. The summed E-state index contributed by atoms with van der Waals surface area (Å²) in [5.74, 6) is 3.27. The molecule has 7 rings (SSSR count). The summed E-state index contributed by atoms with van der Waals surface area (Å²) in [5, 5.41) is 7.32. The highest BCUT2D eigenvalue weighted by Gasteiger charge is 2.58. The molecule has 256 valence electrons. The van der Waals surface area contributed by atoms with Crippen LogP contribution in [0.5, 0.6) is 34.5 Å². The third kappa shape index (κ3) is 9.66. The first-order valence-electron chi connectivity index (χ1n) is 15.7. The van der Waals surface area contributed by atoms with Gasteiger partial charge in [-0.1, -0.05) is 109 Å². The predicted octanol–water partition coefficient (Wildman–Crippen LogP) is 11.8. The normalized spacial score (nSPS) is 16.5. The second-order valence-electron chi connectivity index (χ2n) is 10.2. The van der Waals surface area contributed by atoms with Crippen molar-refractivity contribution >= 4 is 24.6 Å². The molecule has 0 N–H and O–H groups in total. The van der Waals surface area contributed by atoms with E-state index in [0.717, 1.165) is 0 Å². The van der Waals surface area contributed by atoms with Gasteiger partial charge in [0.25, 0.3) is 0 Å². The van der Waals surface area contributed by atoms with Crippen molar-refractivity contribution in [3.05, 3.63) is 182 Å². The molecule has 10 nitrogen and oxygen atoms in total. The van der Waals surface area contributed by atoms with E-state index < -0.39 is 24.6 Å². The molecule has 1 aliphatic heterocycles. The summed E-state index contributed by atoms with van der Waals surface area (Å²) in [6.07, 6.45) is 0. The Morgan fingerprint density at radius 1 is 0.490 bits per heavy atom. The quantitative estimate of drug-likeness (QED) is 0.114. The fourth-order valence-electron chi connectivity index (χ4n) is 4.34.